The summed E-state index contributed by atoms with van der Waals surface area (Å²) in [5, 5.41) is 3.18. The third-order valence-electron chi connectivity index (χ3n) is 6.08. The summed E-state index contributed by atoms with van der Waals surface area (Å²) >= 11 is 0. The van der Waals surface area contributed by atoms with Crippen LogP contribution in [-0.4, -0.2) is 74.4 Å². The third-order valence-corrected chi connectivity index (χ3v) is 6.08. The lowest BCUT2D eigenvalue weighted by Gasteiger charge is -2.36. The average molecular weight is 424 g/mol. The molecule has 0 aliphatic carbocycles. The van der Waals surface area contributed by atoms with Crippen molar-refractivity contribution in [1.29, 1.82) is 0 Å². The van der Waals surface area contributed by atoms with Crippen molar-refractivity contribution in [2.24, 2.45) is 0 Å². The van der Waals surface area contributed by atoms with Crippen LogP contribution < -0.4 is 5.32 Å². The van der Waals surface area contributed by atoms with Crippen LogP contribution in [0.1, 0.15) is 22.7 Å². The molecule has 6 heteroatoms. The van der Waals surface area contributed by atoms with E-state index in [-0.39, 0.29) is 11.9 Å². The number of morpholine rings is 2. The SMILES string of the molecule is Cc1cccc(C(CNC(=O)C2CN(Cc3ccccc3)CCO2)N2CCOCC2)c1. The van der Waals surface area contributed by atoms with E-state index in [4.69, 9.17) is 9.47 Å². The Kier molecular flexibility index (Phi) is 7.70. The maximum atomic E-state index is 13.0. The van der Waals surface area contributed by atoms with Crippen LogP contribution in [0.4, 0.5) is 0 Å². The Labute approximate surface area is 185 Å². The molecule has 2 aliphatic heterocycles. The molecule has 1 amide bonds. The van der Waals surface area contributed by atoms with Crippen LogP contribution in [0.25, 0.3) is 0 Å². The minimum atomic E-state index is -0.430. The largest absolute Gasteiger partial charge is 0.379 e. The van der Waals surface area contributed by atoms with E-state index in [2.05, 4.69) is 70.6 Å². The van der Waals surface area contributed by atoms with E-state index in [0.717, 1.165) is 39.4 Å². The first-order chi connectivity index (χ1) is 15.2. The number of ether oxygens (including phenoxy) is 2. The minimum Gasteiger partial charge on any atom is -0.379 e. The van der Waals surface area contributed by atoms with Crippen molar-refractivity contribution in [3.05, 3.63) is 71.3 Å². The van der Waals surface area contributed by atoms with E-state index in [0.29, 0.717) is 19.7 Å². The van der Waals surface area contributed by atoms with E-state index in [1.807, 2.05) is 6.07 Å². The molecular formula is C25H33N3O3. The van der Waals surface area contributed by atoms with Gasteiger partial charge in [0.05, 0.1) is 25.9 Å². The van der Waals surface area contributed by atoms with Gasteiger partial charge >= 0.3 is 0 Å². The Morgan fingerprint density at radius 2 is 1.87 bits per heavy atom. The molecule has 6 nitrogen and oxygen atoms in total. The molecule has 2 unspecified atom stereocenters. The zero-order valence-corrected chi connectivity index (χ0v) is 18.3. The molecular weight excluding hydrogens is 390 g/mol. The smallest absolute Gasteiger partial charge is 0.250 e. The van der Waals surface area contributed by atoms with Crippen molar-refractivity contribution in [2.75, 3.05) is 52.5 Å². The van der Waals surface area contributed by atoms with Gasteiger partial charge in [-0.25, -0.2) is 0 Å². The van der Waals surface area contributed by atoms with Gasteiger partial charge in [0.15, 0.2) is 0 Å². The van der Waals surface area contributed by atoms with E-state index in [1.54, 1.807) is 0 Å². The van der Waals surface area contributed by atoms with Crippen LogP contribution in [0.15, 0.2) is 54.6 Å². The Balaban J connectivity index is 1.36. The highest BCUT2D eigenvalue weighted by atomic mass is 16.5. The summed E-state index contributed by atoms with van der Waals surface area (Å²) in [4.78, 5) is 17.7. The Bertz CT molecular complexity index is 839. The van der Waals surface area contributed by atoms with Gasteiger partial charge in [0.2, 0.25) is 0 Å². The lowest BCUT2D eigenvalue weighted by atomic mass is 10.0. The fourth-order valence-electron chi connectivity index (χ4n) is 4.38. The van der Waals surface area contributed by atoms with Crippen molar-refractivity contribution in [2.45, 2.75) is 25.6 Å². The maximum absolute atomic E-state index is 13.0. The molecule has 2 fully saturated rings. The number of benzene rings is 2. The van der Waals surface area contributed by atoms with Crippen LogP contribution in [0.5, 0.6) is 0 Å². The lowest BCUT2D eigenvalue weighted by molar-refractivity contribution is -0.139. The van der Waals surface area contributed by atoms with E-state index in [1.165, 1.54) is 16.7 Å². The van der Waals surface area contributed by atoms with Crippen molar-refractivity contribution in [1.82, 2.24) is 15.1 Å². The van der Waals surface area contributed by atoms with Gasteiger partial charge in [-0.3, -0.25) is 14.6 Å². The second kappa shape index (κ2) is 10.9. The van der Waals surface area contributed by atoms with Gasteiger partial charge in [-0.05, 0) is 18.1 Å². The monoisotopic (exact) mass is 423 g/mol. The van der Waals surface area contributed by atoms with Crippen molar-refractivity contribution in [3.8, 4) is 0 Å². The van der Waals surface area contributed by atoms with Gasteiger partial charge < -0.3 is 14.8 Å². The fourth-order valence-corrected chi connectivity index (χ4v) is 4.38. The first-order valence-corrected chi connectivity index (χ1v) is 11.2. The number of amides is 1. The number of carbonyl (C=O) groups is 1. The molecule has 0 radical (unpaired) electrons. The highest BCUT2D eigenvalue weighted by Crippen LogP contribution is 2.22. The molecule has 2 saturated heterocycles. The number of nitrogens with one attached hydrogen (secondary N) is 1. The normalized spacial score (nSPS) is 21.5. The van der Waals surface area contributed by atoms with E-state index >= 15 is 0 Å². The predicted molar refractivity (Wildman–Crippen MR) is 121 cm³/mol. The van der Waals surface area contributed by atoms with Crippen LogP contribution >= 0.6 is 0 Å². The highest BCUT2D eigenvalue weighted by molar-refractivity contribution is 5.81. The quantitative estimate of drug-likeness (QED) is 0.741. The predicted octanol–water partition coefficient (Wildman–Crippen LogP) is 2.39. The summed E-state index contributed by atoms with van der Waals surface area (Å²) < 4.78 is 11.4. The summed E-state index contributed by atoms with van der Waals surface area (Å²) in [7, 11) is 0. The lowest BCUT2D eigenvalue weighted by Crippen LogP contribution is -2.51. The number of nitrogens with zero attached hydrogens (tertiary/aromatic N) is 2. The summed E-state index contributed by atoms with van der Waals surface area (Å²) in [6.07, 6.45) is -0.430. The van der Waals surface area contributed by atoms with Crippen LogP contribution in [0.3, 0.4) is 0 Å². The molecule has 4 rings (SSSR count). The van der Waals surface area contributed by atoms with Gasteiger partial charge in [0.1, 0.15) is 6.10 Å². The molecule has 2 aromatic rings. The number of rotatable bonds is 7. The van der Waals surface area contributed by atoms with Crippen molar-refractivity contribution in [3.63, 3.8) is 0 Å². The Morgan fingerprint density at radius 3 is 2.65 bits per heavy atom. The average Bonchev–Trinajstić information content (AvgIpc) is 2.81. The molecule has 0 spiro atoms. The minimum absolute atomic E-state index is 0.0244. The van der Waals surface area contributed by atoms with Crippen LogP contribution in [0.2, 0.25) is 0 Å². The van der Waals surface area contributed by atoms with E-state index < -0.39 is 6.10 Å². The molecule has 2 atom stereocenters. The maximum Gasteiger partial charge on any atom is 0.250 e. The highest BCUT2D eigenvalue weighted by Gasteiger charge is 2.29. The first kappa shape index (κ1) is 22.0. The molecule has 2 aromatic carbocycles. The van der Waals surface area contributed by atoms with Crippen LogP contribution in [-0.2, 0) is 20.8 Å². The van der Waals surface area contributed by atoms with Crippen molar-refractivity contribution >= 4 is 5.91 Å². The molecule has 1 N–H and O–H groups in total. The van der Waals surface area contributed by atoms with Gasteiger partial charge in [-0.2, -0.15) is 0 Å². The Hall–Kier alpha value is -2.25. The second-order valence-electron chi connectivity index (χ2n) is 8.40. The molecule has 166 valence electrons. The van der Waals surface area contributed by atoms with Gasteiger partial charge in [-0.1, -0.05) is 60.2 Å². The van der Waals surface area contributed by atoms with Crippen LogP contribution in [0, 0.1) is 6.92 Å². The molecule has 0 bridgehead atoms. The summed E-state index contributed by atoms with van der Waals surface area (Å²) in [5.41, 5.74) is 3.72. The number of hydrogen-bond acceptors (Lipinski definition) is 5. The standard InChI is InChI=1S/C25H33N3O3/c1-20-6-5-9-22(16-20)23(28-11-13-30-14-12-28)17-26-25(29)24-19-27(10-15-31-24)18-21-7-3-2-4-8-21/h2-9,16,23-24H,10-15,17-19H2,1H3,(H,26,29). The molecule has 2 aliphatic rings. The number of aryl methyl sites for hydroxylation is 1. The number of hydrogen-bond donors (Lipinski definition) is 1. The van der Waals surface area contributed by atoms with Gasteiger partial charge in [0, 0.05) is 39.3 Å². The summed E-state index contributed by atoms with van der Waals surface area (Å²) in [6.45, 7) is 8.77. The second-order valence-corrected chi connectivity index (χ2v) is 8.40. The molecule has 0 saturated carbocycles. The summed E-state index contributed by atoms with van der Waals surface area (Å²) in [5.74, 6) is -0.0244. The van der Waals surface area contributed by atoms with E-state index in [9.17, 15) is 4.79 Å². The Morgan fingerprint density at radius 1 is 1.06 bits per heavy atom. The van der Waals surface area contributed by atoms with Gasteiger partial charge in [0.25, 0.3) is 5.91 Å². The number of carbonyl (C=O) groups excluding carboxylic acids is 1. The molecule has 31 heavy (non-hydrogen) atoms. The first-order valence-electron chi connectivity index (χ1n) is 11.2. The van der Waals surface area contributed by atoms with Crippen molar-refractivity contribution < 1.29 is 14.3 Å². The molecule has 2 heterocycles. The van der Waals surface area contributed by atoms with Gasteiger partial charge in [-0.15, -0.1) is 0 Å². The molecule has 0 aromatic heterocycles. The third kappa shape index (κ3) is 6.14. The fraction of sp³-hybridized carbons (Fsp3) is 0.480. The zero-order chi connectivity index (χ0) is 21.5. The summed E-state index contributed by atoms with van der Waals surface area (Å²) in [6, 6.07) is 19.1. The zero-order valence-electron chi connectivity index (χ0n) is 18.3. The topological polar surface area (TPSA) is 54.0 Å².